The van der Waals surface area contributed by atoms with Gasteiger partial charge in [-0.05, 0) is 51.4 Å². The Morgan fingerprint density at radius 3 is 2.75 bits per heavy atom. The van der Waals surface area contributed by atoms with Gasteiger partial charge in [0, 0.05) is 24.2 Å². The second-order valence-electron chi connectivity index (χ2n) is 5.74. The van der Waals surface area contributed by atoms with Crippen LogP contribution in [0.2, 0.25) is 0 Å². The van der Waals surface area contributed by atoms with Crippen LogP contribution in [0, 0.1) is 0 Å². The number of nitrogens with one attached hydrogen (secondary N) is 1. The summed E-state index contributed by atoms with van der Waals surface area (Å²) in [4.78, 5) is 6.46. The lowest BCUT2D eigenvalue weighted by Crippen LogP contribution is -2.43. The molecular formula is C15H22N4O. The van der Waals surface area contributed by atoms with Gasteiger partial charge in [0.15, 0.2) is 0 Å². The molecule has 0 fully saturated rings. The quantitative estimate of drug-likeness (QED) is 0.721. The SMILES string of the molecule is CN(C)CC(C)(O)CNc1ccc2cc(N)ccc2n1. The molecule has 0 saturated carbocycles. The third-order valence-corrected chi connectivity index (χ3v) is 3.02. The zero-order valence-corrected chi connectivity index (χ0v) is 12.2. The fourth-order valence-corrected chi connectivity index (χ4v) is 2.26. The molecule has 108 valence electrons. The maximum atomic E-state index is 10.2. The van der Waals surface area contributed by atoms with Crippen molar-refractivity contribution in [3.05, 3.63) is 30.3 Å². The molecule has 0 amide bonds. The van der Waals surface area contributed by atoms with Gasteiger partial charge in [0.05, 0.1) is 11.1 Å². The van der Waals surface area contributed by atoms with Crippen LogP contribution >= 0.6 is 0 Å². The first-order valence-corrected chi connectivity index (χ1v) is 6.63. The molecule has 2 rings (SSSR count). The van der Waals surface area contributed by atoms with Gasteiger partial charge in [-0.1, -0.05) is 0 Å². The van der Waals surface area contributed by atoms with E-state index in [1.54, 1.807) is 0 Å². The molecule has 1 atom stereocenters. The lowest BCUT2D eigenvalue weighted by Gasteiger charge is -2.27. The van der Waals surface area contributed by atoms with Crippen molar-refractivity contribution in [3.63, 3.8) is 0 Å². The molecule has 0 spiro atoms. The number of fused-ring (bicyclic) bond motifs is 1. The minimum atomic E-state index is -0.804. The molecule has 0 aliphatic rings. The Kier molecular flexibility index (Phi) is 4.11. The van der Waals surface area contributed by atoms with E-state index in [-0.39, 0.29) is 0 Å². The van der Waals surface area contributed by atoms with Gasteiger partial charge in [-0.3, -0.25) is 0 Å². The van der Waals surface area contributed by atoms with Crippen molar-refractivity contribution in [1.29, 1.82) is 0 Å². The van der Waals surface area contributed by atoms with Crippen LogP contribution in [0.4, 0.5) is 11.5 Å². The van der Waals surface area contributed by atoms with E-state index >= 15 is 0 Å². The first kappa shape index (κ1) is 14.6. The Balaban J connectivity index is 2.08. The standard InChI is InChI=1S/C15H22N4O/c1-15(20,10-19(2)3)9-17-14-7-4-11-8-12(16)5-6-13(11)18-14/h4-8,20H,9-10,16H2,1-3H3,(H,17,18). The Labute approximate surface area is 119 Å². The fourth-order valence-electron chi connectivity index (χ4n) is 2.26. The lowest BCUT2D eigenvalue weighted by molar-refractivity contribution is 0.0459. The summed E-state index contributed by atoms with van der Waals surface area (Å²) in [6.07, 6.45) is 0. The van der Waals surface area contributed by atoms with E-state index in [0.29, 0.717) is 13.1 Å². The molecule has 1 heterocycles. The van der Waals surface area contributed by atoms with Crippen LogP contribution in [0.15, 0.2) is 30.3 Å². The van der Waals surface area contributed by atoms with Crippen molar-refractivity contribution in [2.24, 2.45) is 0 Å². The normalized spacial score (nSPS) is 14.4. The van der Waals surface area contributed by atoms with Crippen LogP contribution in [-0.4, -0.2) is 47.8 Å². The summed E-state index contributed by atoms with van der Waals surface area (Å²) in [6.45, 7) is 2.84. The number of rotatable bonds is 5. The molecule has 20 heavy (non-hydrogen) atoms. The summed E-state index contributed by atoms with van der Waals surface area (Å²) < 4.78 is 0. The number of anilines is 2. The summed E-state index contributed by atoms with van der Waals surface area (Å²) in [7, 11) is 3.88. The van der Waals surface area contributed by atoms with Crippen LogP contribution in [0.3, 0.4) is 0 Å². The highest BCUT2D eigenvalue weighted by atomic mass is 16.3. The predicted molar refractivity (Wildman–Crippen MR) is 83.8 cm³/mol. The minimum absolute atomic E-state index is 0.443. The third kappa shape index (κ3) is 3.82. The largest absolute Gasteiger partial charge is 0.399 e. The summed E-state index contributed by atoms with van der Waals surface area (Å²) in [5, 5.41) is 14.4. The molecule has 0 saturated heterocycles. The van der Waals surface area contributed by atoms with Gasteiger partial charge in [-0.2, -0.15) is 0 Å². The molecule has 0 bridgehead atoms. The highest BCUT2D eigenvalue weighted by molar-refractivity contribution is 5.83. The molecule has 5 heteroatoms. The minimum Gasteiger partial charge on any atom is -0.399 e. The number of benzene rings is 1. The molecule has 0 aliphatic heterocycles. The molecule has 5 nitrogen and oxygen atoms in total. The van der Waals surface area contributed by atoms with Crippen LogP contribution in [0.1, 0.15) is 6.92 Å². The summed E-state index contributed by atoms with van der Waals surface area (Å²) in [6, 6.07) is 9.50. The van der Waals surface area contributed by atoms with Gasteiger partial charge in [0.1, 0.15) is 5.82 Å². The van der Waals surface area contributed by atoms with Crippen molar-refractivity contribution < 1.29 is 5.11 Å². The van der Waals surface area contributed by atoms with Gasteiger partial charge in [-0.15, -0.1) is 0 Å². The first-order valence-electron chi connectivity index (χ1n) is 6.63. The zero-order valence-electron chi connectivity index (χ0n) is 12.2. The topological polar surface area (TPSA) is 74.4 Å². The smallest absolute Gasteiger partial charge is 0.126 e. The Morgan fingerprint density at radius 1 is 1.30 bits per heavy atom. The molecule has 0 radical (unpaired) electrons. The molecule has 1 aromatic carbocycles. The number of hydrogen-bond acceptors (Lipinski definition) is 5. The number of nitrogens with zero attached hydrogens (tertiary/aromatic N) is 2. The van der Waals surface area contributed by atoms with E-state index in [0.717, 1.165) is 22.4 Å². The van der Waals surface area contributed by atoms with Crippen LogP contribution in [-0.2, 0) is 0 Å². The molecule has 2 aromatic rings. The van der Waals surface area contributed by atoms with Crippen molar-refractivity contribution in [1.82, 2.24) is 9.88 Å². The van der Waals surface area contributed by atoms with Gasteiger partial charge in [0.2, 0.25) is 0 Å². The van der Waals surface area contributed by atoms with Crippen molar-refractivity contribution in [3.8, 4) is 0 Å². The second kappa shape index (κ2) is 5.64. The lowest BCUT2D eigenvalue weighted by atomic mass is 10.1. The summed E-state index contributed by atoms with van der Waals surface area (Å²) in [5.74, 6) is 0.751. The number of nitrogens with two attached hydrogens (primary N) is 1. The number of pyridine rings is 1. The first-order chi connectivity index (χ1) is 9.35. The second-order valence-corrected chi connectivity index (χ2v) is 5.74. The molecular weight excluding hydrogens is 252 g/mol. The van der Waals surface area contributed by atoms with Gasteiger partial charge < -0.3 is 21.1 Å². The van der Waals surface area contributed by atoms with Gasteiger partial charge in [-0.25, -0.2) is 4.98 Å². The van der Waals surface area contributed by atoms with Gasteiger partial charge >= 0.3 is 0 Å². The monoisotopic (exact) mass is 274 g/mol. The van der Waals surface area contributed by atoms with Crippen LogP contribution in [0.5, 0.6) is 0 Å². The molecule has 1 unspecified atom stereocenters. The van der Waals surface area contributed by atoms with Crippen LogP contribution in [0.25, 0.3) is 10.9 Å². The fraction of sp³-hybridized carbons (Fsp3) is 0.400. The van der Waals surface area contributed by atoms with E-state index < -0.39 is 5.60 Å². The number of likely N-dealkylation sites (N-methyl/N-ethyl adjacent to an activating group) is 1. The zero-order chi connectivity index (χ0) is 14.8. The van der Waals surface area contributed by atoms with Crippen molar-refractivity contribution in [2.45, 2.75) is 12.5 Å². The van der Waals surface area contributed by atoms with E-state index in [4.69, 9.17) is 5.73 Å². The van der Waals surface area contributed by atoms with Gasteiger partial charge in [0.25, 0.3) is 0 Å². The predicted octanol–water partition coefficient (Wildman–Crippen LogP) is 1.54. The Bertz CT molecular complexity index is 595. The van der Waals surface area contributed by atoms with E-state index in [1.807, 2.05) is 56.3 Å². The number of nitrogen functional groups attached to an aromatic ring is 1. The van der Waals surface area contributed by atoms with E-state index in [9.17, 15) is 5.11 Å². The average molecular weight is 274 g/mol. The Morgan fingerprint density at radius 2 is 2.05 bits per heavy atom. The van der Waals surface area contributed by atoms with Crippen molar-refractivity contribution in [2.75, 3.05) is 38.2 Å². The maximum absolute atomic E-state index is 10.2. The molecule has 1 aromatic heterocycles. The number of aliphatic hydroxyl groups is 1. The van der Waals surface area contributed by atoms with E-state index in [2.05, 4.69) is 10.3 Å². The molecule has 4 N–H and O–H groups in total. The molecule has 0 aliphatic carbocycles. The van der Waals surface area contributed by atoms with E-state index in [1.165, 1.54) is 0 Å². The number of hydrogen-bond donors (Lipinski definition) is 3. The van der Waals surface area contributed by atoms with Crippen LogP contribution < -0.4 is 11.1 Å². The summed E-state index contributed by atoms with van der Waals surface area (Å²) >= 11 is 0. The Hall–Kier alpha value is -1.85. The summed E-state index contributed by atoms with van der Waals surface area (Å²) in [5.41, 5.74) is 6.55. The van der Waals surface area contributed by atoms with Crippen molar-refractivity contribution >= 4 is 22.4 Å². The third-order valence-electron chi connectivity index (χ3n) is 3.02. The number of aromatic nitrogens is 1. The maximum Gasteiger partial charge on any atom is 0.126 e. The highest BCUT2D eigenvalue weighted by Crippen LogP contribution is 2.18. The average Bonchev–Trinajstić information content (AvgIpc) is 2.35. The highest BCUT2D eigenvalue weighted by Gasteiger charge is 2.21.